The van der Waals surface area contributed by atoms with Crippen LogP contribution in [0.15, 0.2) is 42.5 Å². The number of aliphatic hydroxyl groups is 2. The van der Waals surface area contributed by atoms with Crippen molar-refractivity contribution in [2.45, 2.75) is 12.2 Å². The highest BCUT2D eigenvalue weighted by Crippen LogP contribution is 2.33. The van der Waals surface area contributed by atoms with E-state index in [9.17, 15) is 10.2 Å². The molecule has 0 bridgehead atoms. The highest BCUT2D eigenvalue weighted by molar-refractivity contribution is 6.11. The molecule has 0 aromatic heterocycles. The quantitative estimate of drug-likeness (QED) is 0.626. The van der Waals surface area contributed by atoms with Crippen molar-refractivity contribution in [2.75, 3.05) is 0 Å². The molecular formula is C16H12O2. The van der Waals surface area contributed by atoms with Gasteiger partial charge in [-0.05, 0) is 38.4 Å². The van der Waals surface area contributed by atoms with Crippen LogP contribution in [0.5, 0.6) is 0 Å². The van der Waals surface area contributed by atoms with Crippen molar-refractivity contribution in [3.8, 4) is 0 Å². The van der Waals surface area contributed by atoms with E-state index in [1.807, 2.05) is 24.3 Å². The predicted octanol–water partition coefficient (Wildman–Crippen LogP) is 1.90. The third kappa shape index (κ3) is 1.14. The van der Waals surface area contributed by atoms with Crippen LogP contribution in [0.3, 0.4) is 0 Å². The van der Waals surface area contributed by atoms with Crippen LogP contribution in [-0.4, -0.2) is 16.3 Å². The van der Waals surface area contributed by atoms with E-state index < -0.39 is 12.2 Å². The van der Waals surface area contributed by atoms with E-state index in [1.54, 1.807) is 6.08 Å². The molecule has 1 aliphatic rings. The van der Waals surface area contributed by atoms with E-state index in [1.165, 1.54) is 16.2 Å². The molecule has 3 aromatic carbocycles. The second kappa shape index (κ2) is 3.31. The first-order valence-electron chi connectivity index (χ1n) is 6.08. The fraction of sp³-hybridized carbons (Fsp3) is 0.125. The zero-order valence-corrected chi connectivity index (χ0v) is 9.67. The summed E-state index contributed by atoms with van der Waals surface area (Å²) in [4.78, 5) is 0. The normalized spacial score (nSPS) is 22.3. The molecule has 0 spiro atoms. The Balaban J connectivity index is 2.35. The van der Waals surface area contributed by atoms with Gasteiger partial charge in [0.25, 0.3) is 0 Å². The van der Waals surface area contributed by atoms with E-state index >= 15 is 0 Å². The van der Waals surface area contributed by atoms with Crippen LogP contribution in [0.25, 0.3) is 27.6 Å². The Morgan fingerprint density at radius 3 is 2.28 bits per heavy atom. The van der Waals surface area contributed by atoms with Gasteiger partial charge >= 0.3 is 0 Å². The molecule has 2 heteroatoms. The Morgan fingerprint density at radius 2 is 1.50 bits per heavy atom. The van der Waals surface area contributed by atoms with Crippen LogP contribution in [0.1, 0.15) is 11.7 Å². The summed E-state index contributed by atoms with van der Waals surface area (Å²) in [5, 5.41) is 25.6. The van der Waals surface area contributed by atoms with Gasteiger partial charge in [0.1, 0.15) is 12.2 Å². The van der Waals surface area contributed by atoms with Crippen LogP contribution in [0.4, 0.5) is 0 Å². The molecule has 2 nitrogen and oxygen atoms in total. The first-order valence-corrected chi connectivity index (χ1v) is 6.08. The van der Waals surface area contributed by atoms with Crippen molar-refractivity contribution in [1.82, 2.24) is 0 Å². The molecular weight excluding hydrogens is 224 g/mol. The molecule has 0 amide bonds. The van der Waals surface area contributed by atoms with Crippen LogP contribution in [0, 0.1) is 0 Å². The van der Waals surface area contributed by atoms with E-state index in [4.69, 9.17) is 0 Å². The fourth-order valence-corrected chi connectivity index (χ4v) is 2.98. The third-order valence-corrected chi connectivity index (χ3v) is 3.83. The molecule has 0 saturated heterocycles. The summed E-state index contributed by atoms with van der Waals surface area (Å²) >= 11 is 0. The van der Waals surface area contributed by atoms with Crippen LogP contribution in [0.2, 0.25) is 0 Å². The third-order valence-electron chi connectivity index (χ3n) is 3.83. The number of benzene rings is 3. The van der Waals surface area contributed by atoms with Gasteiger partial charge < -0.3 is 10.2 Å². The minimum absolute atomic E-state index is 0.820. The van der Waals surface area contributed by atoms with E-state index in [0.29, 0.717) is 0 Å². The fourth-order valence-electron chi connectivity index (χ4n) is 2.98. The van der Waals surface area contributed by atoms with Gasteiger partial charge in [0.05, 0.1) is 0 Å². The van der Waals surface area contributed by atoms with Crippen molar-refractivity contribution >= 4 is 27.6 Å². The van der Waals surface area contributed by atoms with Gasteiger partial charge in [-0.25, -0.2) is 0 Å². The van der Waals surface area contributed by atoms with Gasteiger partial charge in [0.2, 0.25) is 0 Å². The molecule has 0 saturated carbocycles. The minimum atomic E-state index is -0.826. The molecule has 2 atom stereocenters. The summed E-state index contributed by atoms with van der Waals surface area (Å²) in [5.41, 5.74) is 0.823. The lowest BCUT2D eigenvalue weighted by atomic mass is 9.87. The molecule has 2 unspecified atom stereocenters. The number of hydrogen-bond donors (Lipinski definition) is 2. The summed E-state index contributed by atoms with van der Waals surface area (Å²) in [7, 11) is 0. The number of hydrogen-bond acceptors (Lipinski definition) is 2. The van der Waals surface area contributed by atoms with Crippen molar-refractivity contribution in [3.63, 3.8) is 0 Å². The zero-order chi connectivity index (χ0) is 12.3. The Kier molecular flexibility index (Phi) is 1.85. The Hall–Kier alpha value is -1.90. The Morgan fingerprint density at radius 1 is 0.778 bits per heavy atom. The second-order valence-corrected chi connectivity index (χ2v) is 4.87. The average Bonchev–Trinajstić information content (AvgIpc) is 2.40. The van der Waals surface area contributed by atoms with E-state index in [-0.39, 0.29) is 0 Å². The maximum atomic E-state index is 10.1. The average molecular weight is 236 g/mol. The predicted molar refractivity (Wildman–Crippen MR) is 72.1 cm³/mol. The minimum Gasteiger partial charge on any atom is -0.386 e. The Labute approximate surface area is 104 Å². The summed E-state index contributed by atoms with van der Waals surface area (Å²) in [6.07, 6.45) is 0.0892. The highest BCUT2D eigenvalue weighted by atomic mass is 16.3. The zero-order valence-electron chi connectivity index (χ0n) is 9.67. The second-order valence-electron chi connectivity index (χ2n) is 4.87. The van der Waals surface area contributed by atoms with Crippen molar-refractivity contribution in [1.29, 1.82) is 0 Å². The first kappa shape index (κ1) is 10.1. The van der Waals surface area contributed by atoms with Crippen LogP contribution < -0.4 is 5.22 Å². The smallest absolute Gasteiger partial charge is 0.109 e. The SMILES string of the molecule is OC1C=c2ccc3cccc4ccc(c2c43)C1O. The first-order chi connectivity index (χ1) is 8.75. The van der Waals surface area contributed by atoms with Gasteiger partial charge in [-0.1, -0.05) is 42.5 Å². The van der Waals surface area contributed by atoms with Gasteiger partial charge in [-0.2, -0.15) is 0 Å². The van der Waals surface area contributed by atoms with Gasteiger partial charge in [-0.3, -0.25) is 0 Å². The summed E-state index contributed by atoms with van der Waals surface area (Å²) in [6, 6.07) is 14.2. The van der Waals surface area contributed by atoms with Crippen LogP contribution in [-0.2, 0) is 0 Å². The monoisotopic (exact) mass is 236 g/mol. The molecule has 0 radical (unpaired) electrons. The van der Waals surface area contributed by atoms with Gasteiger partial charge in [0.15, 0.2) is 0 Å². The molecule has 0 heterocycles. The van der Waals surface area contributed by atoms with Crippen molar-refractivity contribution in [3.05, 3.63) is 53.2 Å². The van der Waals surface area contributed by atoms with Crippen molar-refractivity contribution in [2.24, 2.45) is 0 Å². The molecule has 4 rings (SSSR count). The largest absolute Gasteiger partial charge is 0.386 e. The number of rotatable bonds is 0. The summed E-state index contributed by atoms with van der Waals surface area (Å²) in [5.74, 6) is 0. The molecule has 88 valence electrons. The van der Waals surface area contributed by atoms with Crippen molar-refractivity contribution < 1.29 is 10.2 Å². The molecule has 3 aromatic rings. The lowest BCUT2D eigenvalue weighted by Gasteiger charge is -2.23. The van der Waals surface area contributed by atoms with Gasteiger partial charge in [0, 0.05) is 0 Å². The molecule has 0 aliphatic heterocycles. The standard InChI is InChI=1S/C16H12O2/c17-13-8-11-5-4-9-2-1-3-10-6-7-12(16(13)18)15(11)14(9)10/h1-8,13,16-18H. The van der Waals surface area contributed by atoms with Gasteiger partial charge in [-0.15, -0.1) is 0 Å². The maximum Gasteiger partial charge on any atom is 0.109 e. The molecule has 2 N–H and O–H groups in total. The Bertz CT molecular complexity index is 804. The van der Waals surface area contributed by atoms with E-state index in [0.717, 1.165) is 16.2 Å². The van der Waals surface area contributed by atoms with E-state index in [2.05, 4.69) is 18.2 Å². The summed E-state index contributed by atoms with van der Waals surface area (Å²) < 4.78 is 0. The highest BCUT2D eigenvalue weighted by Gasteiger charge is 2.23. The van der Waals surface area contributed by atoms with Crippen LogP contribution >= 0.6 is 0 Å². The summed E-state index contributed by atoms with van der Waals surface area (Å²) in [6.45, 7) is 0. The lowest BCUT2D eigenvalue weighted by Crippen LogP contribution is -2.25. The molecule has 0 fully saturated rings. The number of aliphatic hydroxyl groups excluding tert-OH is 2. The maximum absolute atomic E-state index is 10.1. The topological polar surface area (TPSA) is 40.5 Å². The molecule has 1 aliphatic carbocycles. The molecule has 18 heavy (non-hydrogen) atoms. The lowest BCUT2D eigenvalue weighted by molar-refractivity contribution is 0.0572.